The first-order valence-electron chi connectivity index (χ1n) is 6.30. The molecule has 1 N–H and O–H groups in total. The van der Waals surface area contributed by atoms with Crippen molar-refractivity contribution in [1.29, 1.82) is 0 Å². The molecule has 1 saturated heterocycles. The SMILES string of the molecule is CC1CCCN(c2ccc(F)cc2[C@H](C)O)C1. The summed E-state index contributed by atoms with van der Waals surface area (Å²) in [5.41, 5.74) is 1.67. The fourth-order valence-electron chi connectivity index (χ4n) is 2.56. The minimum atomic E-state index is -0.627. The average molecular weight is 237 g/mol. The molecule has 2 nitrogen and oxygen atoms in total. The van der Waals surface area contributed by atoms with Crippen molar-refractivity contribution in [3.05, 3.63) is 29.6 Å². The van der Waals surface area contributed by atoms with Crippen LogP contribution in [0.15, 0.2) is 18.2 Å². The molecule has 0 radical (unpaired) electrons. The van der Waals surface area contributed by atoms with Crippen LogP contribution >= 0.6 is 0 Å². The third-order valence-electron chi connectivity index (χ3n) is 3.44. The van der Waals surface area contributed by atoms with Crippen molar-refractivity contribution in [3.63, 3.8) is 0 Å². The first kappa shape index (κ1) is 12.4. The monoisotopic (exact) mass is 237 g/mol. The molecule has 1 aromatic carbocycles. The van der Waals surface area contributed by atoms with Gasteiger partial charge in [-0.25, -0.2) is 4.39 Å². The summed E-state index contributed by atoms with van der Waals surface area (Å²) in [6.07, 6.45) is 1.79. The molecule has 94 valence electrons. The lowest BCUT2D eigenvalue weighted by Crippen LogP contribution is -2.35. The van der Waals surface area contributed by atoms with Crippen LogP contribution in [0.2, 0.25) is 0 Å². The molecule has 0 bridgehead atoms. The summed E-state index contributed by atoms with van der Waals surface area (Å²) < 4.78 is 13.2. The summed E-state index contributed by atoms with van der Waals surface area (Å²) in [6.45, 7) is 5.91. The Hall–Kier alpha value is -1.09. The minimum absolute atomic E-state index is 0.283. The number of hydrogen-bond donors (Lipinski definition) is 1. The van der Waals surface area contributed by atoms with Gasteiger partial charge in [0.15, 0.2) is 0 Å². The highest BCUT2D eigenvalue weighted by atomic mass is 19.1. The third kappa shape index (κ3) is 2.78. The summed E-state index contributed by atoms with van der Waals surface area (Å²) in [6, 6.07) is 4.70. The molecule has 1 aromatic rings. The van der Waals surface area contributed by atoms with Crippen LogP contribution in [-0.4, -0.2) is 18.2 Å². The normalized spacial score (nSPS) is 22.6. The Morgan fingerprint density at radius 2 is 2.24 bits per heavy atom. The molecule has 3 heteroatoms. The molecular formula is C14H20FNO. The third-order valence-corrected chi connectivity index (χ3v) is 3.44. The van der Waals surface area contributed by atoms with Gasteiger partial charge < -0.3 is 10.0 Å². The number of nitrogens with zero attached hydrogens (tertiary/aromatic N) is 1. The minimum Gasteiger partial charge on any atom is -0.389 e. The number of anilines is 1. The second-order valence-electron chi connectivity index (χ2n) is 5.07. The highest BCUT2D eigenvalue weighted by molar-refractivity contribution is 5.55. The van der Waals surface area contributed by atoms with Crippen LogP contribution in [0.5, 0.6) is 0 Å². The molecule has 0 spiro atoms. The molecule has 0 aromatic heterocycles. The number of aliphatic hydroxyl groups is 1. The van der Waals surface area contributed by atoms with E-state index in [0.29, 0.717) is 11.5 Å². The predicted molar refractivity (Wildman–Crippen MR) is 67.6 cm³/mol. The van der Waals surface area contributed by atoms with Crippen molar-refractivity contribution < 1.29 is 9.50 Å². The highest BCUT2D eigenvalue weighted by Gasteiger charge is 2.20. The highest BCUT2D eigenvalue weighted by Crippen LogP contribution is 2.30. The van der Waals surface area contributed by atoms with Gasteiger partial charge in [-0.15, -0.1) is 0 Å². The van der Waals surface area contributed by atoms with Crippen LogP contribution < -0.4 is 4.90 Å². The molecule has 1 aliphatic rings. The van der Waals surface area contributed by atoms with Crippen molar-refractivity contribution in [2.75, 3.05) is 18.0 Å². The number of rotatable bonds is 2. The van der Waals surface area contributed by atoms with E-state index in [4.69, 9.17) is 0 Å². The van der Waals surface area contributed by atoms with Crippen LogP contribution in [0.4, 0.5) is 10.1 Å². The fraction of sp³-hybridized carbons (Fsp3) is 0.571. The van der Waals surface area contributed by atoms with Gasteiger partial charge in [-0.05, 0) is 43.9 Å². The van der Waals surface area contributed by atoms with E-state index in [9.17, 15) is 9.50 Å². The van der Waals surface area contributed by atoms with Gasteiger partial charge in [-0.1, -0.05) is 6.92 Å². The number of benzene rings is 1. The second-order valence-corrected chi connectivity index (χ2v) is 5.07. The van der Waals surface area contributed by atoms with Crippen molar-refractivity contribution >= 4 is 5.69 Å². The molecule has 1 aliphatic heterocycles. The van der Waals surface area contributed by atoms with Gasteiger partial charge in [-0.2, -0.15) is 0 Å². The summed E-state index contributed by atoms with van der Waals surface area (Å²) in [7, 11) is 0. The quantitative estimate of drug-likeness (QED) is 0.854. The number of hydrogen-bond acceptors (Lipinski definition) is 2. The molecule has 0 amide bonds. The molecule has 2 atom stereocenters. The Kier molecular flexibility index (Phi) is 3.67. The summed E-state index contributed by atoms with van der Waals surface area (Å²) in [5.74, 6) is 0.380. The topological polar surface area (TPSA) is 23.5 Å². The Bertz CT molecular complexity index is 392. The van der Waals surface area contributed by atoms with E-state index < -0.39 is 6.10 Å². The van der Waals surface area contributed by atoms with E-state index in [0.717, 1.165) is 25.2 Å². The zero-order valence-electron chi connectivity index (χ0n) is 10.5. The predicted octanol–water partition coefficient (Wildman–Crippen LogP) is 3.12. The number of aliphatic hydroxyl groups excluding tert-OH is 1. The molecular weight excluding hydrogens is 217 g/mol. The lowest BCUT2D eigenvalue weighted by Gasteiger charge is -2.34. The van der Waals surface area contributed by atoms with Crippen molar-refractivity contribution in [2.45, 2.75) is 32.8 Å². The van der Waals surface area contributed by atoms with E-state index in [1.54, 1.807) is 13.0 Å². The van der Waals surface area contributed by atoms with Crippen LogP contribution in [0, 0.1) is 11.7 Å². The summed E-state index contributed by atoms with van der Waals surface area (Å²) >= 11 is 0. The smallest absolute Gasteiger partial charge is 0.123 e. The largest absolute Gasteiger partial charge is 0.389 e. The average Bonchev–Trinajstić information content (AvgIpc) is 2.28. The van der Waals surface area contributed by atoms with Gasteiger partial charge in [0.05, 0.1) is 6.10 Å². The molecule has 1 unspecified atom stereocenters. The van der Waals surface area contributed by atoms with Crippen LogP contribution in [0.3, 0.4) is 0 Å². The van der Waals surface area contributed by atoms with Gasteiger partial charge in [0, 0.05) is 24.3 Å². The zero-order chi connectivity index (χ0) is 12.4. The molecule has 1 heterocycles. The maximum absolute atomic E-state index is 13.2. The van der Waals surface area contributed by atoms with Crippen molar-refractivity contribution in [2.24, 2.45) is 5.92 Å². The Morgan fingerprint density at radius 3 is 2.88 bits per heavy atom. The maximum atomic E-state index is 13.2. The first-order valence-corrected chi connectivity index (χ1v) is 6.30. The maximum Gasteiger partial charge on any atom is 0.123 e. The molecule has 2 rings (SSSR count). The molecule has 0 aliphatic carbocycles. The Morgan fingerprint density at radius 1 is 1.47 bits per heavy atom. The Balaban J connectivity index is 2.30. The number of halogens is 1. The van der Waals surface area contributed by atoms with Gasteiger partial charge in [-0.3, -0.25) is 0 Å². The van der Waals surface area contributed by atoms with Gasteiger partial charge in [0.2, 0.25) is 0 Å². The summed E-state index contributed by atoms with van der Waals surface area (Å²) in [4.78, 5) is 2.26. The lowest BCUT2D eigenvalue weighted by atomic mass is 9.98. The van der Waals surface area contributed by atoms with E-state index in [1.165, 1.54) is 18.6 Å². The van der Waals surface area contributed by atoms with Crippen molar-refractivity contribution in [1.82, 2.24) is 0 Å². The summed E-state index contributed by atoms with van der Waals surface area (Å²) in [5, 5.41) is 9.73. The molecule has 1 fully saturated rings. The zero-order valence-corrected chi connectivity index (χ0v) is 10.5. The van der Waals surface area contributed by atoms with Gasteiger partial charge in [0.1, 0.15) is 5.82 Å². The van der Waals surface area contributed by atoms with E-state index in [2.05, 4.69) is 11.8 Å². The van der Waals surface area contributed by atoms with E-state index >= 15 is 0 Å². The lowest BCUT2D eigenvalue weighted by molar-refractivity contribution is 0.199. The molecule has 17 heavy (non-hydrogen) atoms. The standard InChI is InChI=1S/C14H20FNO/c1-10-4-3-7-16(9-10)14-6-5-12(15)8-13(14)11(2)17/h5-6,8,10-11,17H,3-4,7,9H2,1-2H3/t10?,11-/m0/s1. The van der Waals surface area contributed by atoms with Gasteiger partial charge in [0.25, 0.3) is 0 Å². The van der Waals surface area contributed by atoms with Crippen LogP contribution in [0.1, 0.15) is 38.4 Å². The van der Waals surface area contributed by atoms with Gasteiger partial charge >= 0.3 is 0 Å². The van der Waals surface area contributed by atoms with E-state index in [1.807, 2.05) is 0 Å². The number of piperidine rings is 1. The van der Waals surface area contributed by atoms with Crippen molar-refractivity contribution in [3.8, 4) is 0 Å². The Labute approximate surface area is 102 Å². The second kappa shape index (κ2) is 5.05. The van der Waals surface area contributed by atoms with Crippen LogP contribution in [0.25, 0.3) is 0 Å². The van der Waals surface area contributed by atoms with Crippen LogP contribution in [-0.2, 0) is 0 Å². The fourth-order valence-corrected chi connectivity index (χ4v) is 2.56. The molecule has 0 saturated carbocycles. The van der Waals surface area contributed by atoms with E-state index in [-0.39, 0.29) is 5.82 Å². The first-order chi connectivity index (χ1) is 8.08.